The summed E-state index contributed by atoms with van der Waals surface area (Å²) in [5.74, 6) is 0. The van der Waals surface area contributed by atoms with E-state index in [0.717, 1.165) is 5.56 Å². The molecule has 4 heteroatoms. The summed E-state index contributed by atoms with van der Waals surface area (Å²) in [5.41, 5.74) is 3.81. The van der Waals surface area contributed by atoms with Crippen LogP contribution < -0.4 is 10.6 Å². The Bertz CT molecular complexity index is 493. The Morgan fingerprint density at radius 1 is 0.957 bits per heavy atom. The number of amides is 2. The third-order valence-corrected chi connectivity index (χ3v) is 3.80. The van der Waals surface area contributed by atoms with E-state index in [2.05, 4.69) is 70.4 Å². The Kier molecular flexibility index (Phi) is 6.63. The zero-order valence-electron chi connectivity index (χ0n) is 15.4. The Hall–Kier alpha value is -1.55. The minimum atomic E-state index is -0.197. The second-order valence-corrected chi connectivity index (χ2v) is 8.11. The van der Waals surface area contributed by atoms with Crippen LogP contribution in [-0.2, 0) is 17.4 Å². The third kappa shape index (κ3) is 6.61. The van der Waals surface area contributed by atoms with E-state index >= 15 is 0 Å². The highest BCUT2D eigenvalue weighted by Gasteiger charge is 2.20. The van der Waals surface area contributed by atoms with Crippen molar-refractivity contribution in [2.75, 3.05) is 13.2 Å². The first kappa shape index (κ1) is 19.5. The molecule has 0 aliphatic carbocycles. The lowest BCUT2D eigenvalue weighted by atomic mass is 9.79. The van der Waals surface area contributed by atoms with Crippen LogP contribution in [0.2, 0.25) is 0 Å². The van der Waals surface area contributed by atoms with E-state index in [9.17, 15) is 4.79 Å². The smallest absolute Gasteiger partial charge is 0.315 e. The number of benzene rings is 1. The predicted octanol–water partition coefficient (Wildman–Crippen LogP) is 3.46. The molecule has 3 N–H and O–H groups in total. The second-order valence-electron chi connectivity index (χ2n) is 8.11. The molecule has 1 aromatic carbocycles. The third-order valence-electron chi connectivity index (χ3n) is 3.80. The number of hydrogen-bond donors (Lipinski definition) is 3. The van der Waals surface area contributed by atoms with Crippen molar-refractivity contribution in [3.05, 3.63) is 34.9 Å². The first-order chi connectivity index (χ1) is 10.5. The van der Waals surface area contributed by atoms with Crippen molar-refractivity contribution in [1.82, 2.24) is 10.6 Å². The fraction of sp³-hybridized carbons (Fsp3) is 0.632. The molecule has 0 heterocycles. The second kappa shape index (κ2) is 7.82. The molecule has 4 nitrogen and oxygen atoms in total. The fourth-order valence-corrected chi connectivity index (χ4v) is 2.19. The van der Waals surface area contributed by atoms with E-state index < -0.39 is 0 Å². The maximum absolute atomic E-state index is 11.8. The predicted molar refractivity (Wildman–Crippen MR) is 95.8 cm³/mol. The highest BCUT2D eigenvalue weighted by Crippen LogP contribution is 2.30. The van der Waals surface area contributed by atoms with Crippen LogP contribution in [0, 0.1) is 0 Å². The summed E-state index contributed by atoms with van der Waals surface area (Å²) in [5, 5.41) is 14.3. The van der Waals surface area contributed by atoms with Gasteiger partial charge in [0.25, 0.3) is 0 Å². The largest absolute Gasteiger partial charge is 0.396 e. The van der Waals surface area contributed by atoms with Gasteiger partial charge in [0.05, 0.1) is 0 Å². The summed E-state index contributed by atoms with van der Waals surface area (Å²) < 4.78 is 0. The summed E-state index contributed by atoms with van der Waals surface area (Å²) in [6.07, 6.45) is 0.571. The van der Waals surface area contributed by atoms with Gasteiger partial charge in [-0.3, -0.25) is 0 Å². The first-order valence-corrected chi connectivity index (χ1v) is 8.31. The van der Waals surface area contributed by atoms with E-state index in [1.165, 1.54) is 11.1 Å². The molecule has 0 spiro atoms. The molecule has 1 rings (SSSR count). The van der Waals surface area contributed by atoms with E-state index in [0.29, 0.717) is 19.5 Å². The number of aliphatic hydroxyl groups excluding tert-OH is 1. The van der Waals surface area contributed by atoms with Gasteiger partial charge < -0.3 is 15.7 Å². The minimum Gasteiger partial charge on any atom is -0.396 e. The van der Waals surface area contributed by atoms with Gasteiger partial charge in [0.1, 0.15) is 0 Å². The van der Waals surface area contributed by atoms with Gasteiger partial charge in [-0.15, -0.1) is 0 Å². The molecule has 0 fully saturated rings. The zero-order chi connectivity index (χ0) is 17.7. The van der Waals surface area contributed by atoms with Crippen molar-refractivity contribution in [3.8, 4) is 0 Å². The van der Waals surface area contributed by atoms with Gasteiger partial charge in [-0.05, 0) is 33.9 Å². The number of rotatable bonds is 5. The highest BCUT2D eigenvalue weighted by molar-refractivity contribution is 5.73. The Labute approximate surface area is 140 Å². The summed E-state index contributed by atoms with van der Waals surface area (Å²) in [4.78, 5) is 11.8. The monoisotopic (exact) mass is 320 g/mol. The summed E-state index contributed by atoms with van der Waals surface area (Å²) in [6, 6.07) is 6.41. The molecule has 0 aliphatic heterocycles. The van der Waals surface area contributed by atoms with Gasteiger partial charge >= 0.3 is 6.03 Å². The normalized spacial score (nSPS) is 12.1. The number of hydrogen-bond acceptors (Lipinski definition) is 2. The molecule has 2 amide bonds. The Morgan fingerprint density at radius 3 is 1.91 bits per heavy atom. The average Bonchev–Trinajstić information content (AvgIpc) is 2.43. The number of carbonyl (C=O) groups is 1. The lowest BCUT2D eigenvalue weighted by molar-refractivity contribution is 0.237. The van der Waals surface area contributed by atoms with Crippen LogP contribution in [0.4, 0.5) is 4.79 Å². The molecule has 0 aromatic heterocycles. The molecular weight excluding hydrogens is 288 g/mol. The quantitative estimate of drug-likeness (QED) is 0.728. The maximum atomic E-state index is 11.8. The van der Waals surface area contributed by atoms with Crippen molar-refractivity contribution in [2.45, 2.75) is 65.3 Å². The van der Waals surface area contributed by atoms with Crippen molar-refractivity contribution >= 4 is 6.03 Å². The van der Waals surface area contributed by atoms with Crippen LogP contribution in [0.15, 0.2) is 18.2 Å². The molecule has 0 bridgehead atoms. The number of carbonyl (C=O) groups excluding carboxylic acids is 1. The molecule has 0 radical (unpaired) electrons. The molecular formula is C19H32N2O2. The van der Waals surface area contributed by atoms with Crippen LogP contribution in [0.25, 0.3) is 0 Å². The van der Waals surface area contributed by atoms with Gasteiger partial charge in [-0.1, -0.05) is 59.7 Å². The van der Waals surface area contributed by atoms with Gasteiger partial charge in [-0.25, -0.2) is 4.79 Å². The van der Waals surface area contributed by atoms with E-state index in [1.54, 1.807) is 0 Å². The van der Waals surface area contributed by atoms with Crippen molar-refractivity contribution in [1.29, 1.82) is 0 Å². The van der Waals surface area contributed by atoms with Crippen LogP contribution >= 0.6 is 0 Å². The molecule has 0 aliphatic rings. The Balaban J connectivity index is 2.87. The molecule has 23 heavy (non-hydrogen) atoms. The maximum Gasteiger partial charge on any atom is 0.315 e. The van der Waals surface area contributed by atoms with Gasteiger partial charge in [-0.2, -0.15) is 0 Å². The van der Waals surface area contributed by atoms with Crippen molar-refractivity contribution in [2.24, 2.45) is 0 Å². The summed E-state index contributed by atoms with van der Waals surface area (Å²) >= 11 is 0. The van der Waals surface area contributed by atoms with Crippen LogP contribution in [0.1, 0.15) is 64.7 Å². The highest BCUT2D eigenvalue weighted by atomic mass is 16.3. The van der Waals surface area contributed by atoms with Crippen molar-refractivity contribution in [3.63, 3.8) is 0 Å². The zero-order valence-corrected chi connectivity index (χ0v) is 15.4. The van der Waals surface area contributed by atoms with Gasteiger partial charge in [0, 0.05) is 19.7 Å². The molecule has 0 unspecified atom stereocenters. The summed E-state index contributed by atoms with van der Waals surface area (Å²) in [7, 11) is 0. The first-order valence-electron chi connectivity index (χ1n) is 8.31. The lowest BCUT2D eigenvalue weighted by Crippen LogP contribution is -2.36. The van der Waals surface area contributed by atoms with E-state index in [-0.39, 0.29) is 23.5 Å². The average molecular weight is 320 g/mol. The van der Waals surface area contributed by atoms with Gasteiger partial charge in [0.2, 0.25) is 0 Å². The van der Waals surface area contributed by atoms with Crippen LogP contribution in [0.3, 0.4) is 0 Å². The number of nitrogens with one attached hydrogen (secondary N) is 2. The minimum absolute atomic E-state index is 0.0688. The molecule has 0 atom stereocenters. The summed E-state index contributed by atoms with van der Waals surface area (Å²) in [6.45, 7) is 14.3. The number of aliphatic hydroxyl groups is 1. The molecule has 1 aromatic rings. The standard InChI is InChI=1S/C19H32N2O2/c1-18(2,3)15-10-14(11-16(12-15)19(4,5)6)13-21-17(23)20-8-7-9-22/h10-12,22H,7-9,13H2,1-6H3,(H2,20,21,23). The molecule has 0 saturated carbocycles. The van der Waals surface area contributed by atoms with Crippen LogP contribution in [0.5, 0.6) is 0 Å². The van der Waals surface area contributed by atoms with Crippen LogP contribution in [-0.4, -0.2) is 24.3 Å². The van der Waals surface area contributed by atoms with Crippen molar-refractivity contribution < 1.29 is 9.90 Å². The SMILES string of the molecule is CC(C)(C)c1cc(CNC(=O)NCCCO)cc(C(C)(C)C)c1. The topological polar surface area (TPSA) is 61.4 Å². The number of urea groups is 1. The lowest BCUT2D eigenvalue weighted by Gasteiger charge is -2.26. The van der Waals surface area contributed by atoms with E-state index in [1.807, 2.05) is 0 Å². The fourth-order valence-electron chi connectivity index (χ4n) is 2.19. The Morgan fingerprint density at radius 2 is 1.48 bits per heavy atom. The van der Waals surface area contributed by atoms with E-state index in [4.69, 9.17) is 5.11 Å². The molecule has 0 saturated heterocycles. The van der Waals surface area contributed by atoms with Gasteiger partial charge in [0.15, 0.2) is 0 Å². The molecule has 130 valence electrons.